The summed E-state index contributed by atoms with van der Waals surface area (Å²) in [7, 11) is 0. The highest BCUT2D eigenvalue weighted by Gasteiger charge is 2.20. The topological polar surface area (TPSA) is 149 Å². The van der Waals surface area contributed by atoms with Gasteiger partial charge < -0.3 is 14.0 Å². The maximum atomic E-state index is 14.1. The molecule has 0 radical (unpaired) electrons. The molecule has 13 heteroatoms. The van der Waals surface area contributed by atoms with E-state index in [2.05, 4.69) is 41.2 Å². The molecule has 0 bridgehead atoms. The number of H-pyrrole nitrogens is 2. The Morgan fingerprint density at radius 2 is 1.54 bits per heavy atom. The van der Waals surface area contributed by atoms with E-state index < -0.39 is 0 Å². The number of aryl methyl sites for hydroxylation is 1. The summed E-state index contributed by atoms with van der Waals surface area (Å²) in [6, 6.07) is 19.4. The molecule has 0 fully saturated rings. The van der Waals surface area contributed by atoms with Gasteiger partial charge in [0.2, 0.25) is 0 Å². The molecule has 0 aliphatic heterocycles. The molecule has 0 spiro atoms. The Hall–Kier alpha value is -5.46. The highest BCUT2D eigenvalue weighted by molar-refractivity contribution is 5.91. The summed E-state index contributed by atoms with van der Waals surface area (Å²) in [5.41, 5.74) is 3.59. The van der Waals surface area contributed by atoms with E-state index in [0.29, 0.717) is 40.6 Å². The second-order valence-corrected chi connectivity index (χ2v) is 9.37. The number of hydrogen-bond donors (Lipinski definition) is 2. The zero-order chi connectivity index (χ0) is 28.2. The smallest absolute Gasteiger partial charge is 0.255 e. The summed E-state index contributed by atoms with van der Waals surface area (Å²) in [4.78, 5) is 14.1. The van der Waals surface area contributed by atoms with E-state index in [9.17, 15) is 9.18 Å². The number of benzene rings is 3. The van der Waals surface area contributed by atoms with Crippen molar-refractivity contribution in [1.82, 2.24) is 45.8 Å². The minimum atomic E-state index is -0.352. The van der Waals surface area contributed by atoms with E-state index in [4.69, 9.17) is 9.47 Å². The molecular weight excluding hydrogens is 529 g/mol. The van der Waals surface area contributed by atoms with Crippen molar-refractivity contribution >= 4 is 10.9 Å². The molecule has 3 aromatic heterocycles. The molecule has 6 aromatic rings. The number of nitrogens with one attached hydrogen (secondary N) is 2. The Morgan fingerprint density at radius 3 is 2.20 bits per heavy atom. The van der Waals surface area contributed by atoms with Gasteiger partial charge >= 0.3 is 0 Å². The lowest BCUT2D eigenvalue weighted by molar-refractivity contribution is 0.282. The van der Waals surface area contributed by atoms with Gasteiger partial charge in [0.15, 0.2) is 11.6 Å². The summed E-state index contributed by atoms with van der Waals surface area (Å²) in [5.74, 6) is 1.42. The number of aromatic amines is 2. The average molecular weight is 554 g/mol. The van der Waals surface area contributed by atoms with Crippen LogP contribution in [0.3, 0.4) is 0 Å². The van der Waals surface area contributed by atoms with Gasteiger partial charge in [-0.3, -0.25) is 4.79 Å². The Kier molecular flexibility index (Phi) is 7.13. The van der Waals surface area contributed by atoms with Crippen LogP contribution < -0.4 is 15.0 Å². The van der Waals surface area contributed by atoms with Crippen LogP contribution >= 0.6 is 0 Å². The molecule has 12 nitrogen and oxygen atoms in total. The first-order valence-electron chi connectivity index (χ1n) is 12.7. The number of tetrazole rings is 2. The lowest BCUT2D eigenvalue weighted by atomic mass is 9.97. The monoisotopic (exact) mass is 553 g/mol. The molecule has 6 rings (SSSR count). The first kappa shape index (κ1) is 25.8. The molecule has 0 amide bonds. The first-order valence-corrected chi connectivity index (χ1v) is 12.7. The molecule has 0 aliphatic carbocycles. The predicted octanol–water partition coefficient (Wildman–Crippen LogP) is 3.27. The van der Waals surface area contributed by atoms with E-state index in [1.165, 1.54) is 12.1 Å². The minimum absolute atomic E-state index is 0.0577. The fourth-order valence-corrected chi connectivity index (χ4v) is 4.66. The average Bonchev–Trinajstić information content (AvgIpc) is 3.71. The van der Waals surface area contributed by atoms with E-state index in [0.717, 1.165) is 22.1 Å². The van der Waals surface area contributed by atoms with Crippen LogP contribution in [-0.4, -0.2) is 45.8 Å². The number of rotatable bonds is 10. The summed E-state index contributed by atoms with van der Waals surface area (Å²) in [6.07, 6.45) is 0.424. The lowest BCUT2D eigenvalue weighted by Crippen LogP contribution is -2.26. The third-order valence-corrected chi connectivity index (χ3v) is 6.67. The molecular formula is C28H24FN9O3. The van der Waals surface area contributed by atoms with Gasteiger partial charge in [-0.05, 0) is 56.6 Å². The summed E-state index contributed by atoms with van der Waals surface area (Å²) < 4.78 is 27.6. The van der Waals surface area contributed by atoms with Crippen LogP contribution in [0.25, 0.3) is 10.9 Å². The van der Waals surface area contributed by atoms with Crippen molar-refractivity contribution in [3.8, 4) is 11.5 Å². The van der Waals surface area contributed by atoms with Crippen molar-refractivity contribution in [2.75, 3.05) is 0 Å². The van der Waals surface area contributed by atoms with Gasteiger partial charge in [-0.2, -0.15) is 0 Å². The molecule has 0 saturated carbocycles. The highest BCUT2D eigenvalue weighted by Crippen LogP contribution is 2.35. The largest absolute Gasteiger partial charge is 0.485 e. The number of nitrogens with zero attached hydrogens (tertiary/aromatic N) is 7. The number of ether oxygens (including phenoxy) is 2. The lowest BCUT2D eigenvalue weighted by Gasteiger charge is -2.20. The van der Waals surface area contributed by atoms with E-state index >= 15 is 0 Å². The standard InChI is InChI=1S/C28H24FN9O3/c1-17-22(11-18-5-3-2-4-6-18)28(39)38(14-19-7-9-20(29)10-8-19)23-12-21(40-15-25-30-34-35-31-25)13-24(27(17)23)41-16-26-32-36-37-33-26/h2-10,12-13H,11,14-16H2,1H3,(H,30,31,34,35)(H,32,33,36,37). The zero-order valence-corrected chi connectivity index (χ0v) is 21.9. The second-order valence-electron chi connectivity index (χ2n) is 9.37. The second kappa shape index (κ2) is 11.3. The van der Waals surface area contributed by atoms with Crippen molar-refractivity contribution < 1.29 is 13.9 Å². The minimum Gasteiger partial charge on any atom is -0.485 e. The molecule has 0 aliphatic rings. The van der Waals surface area contributed by atoms with Crippen molar-refractivity contribution in [2.45, 2.75) is 33.1 Å². The maximum Gasteiger partial charge on any atom is 0.255 e. The molecule has 0 unspecified atom stereocenters. The number of aromatic nitrogens is 9. The number of fused-ring (bicyclic) bond motifs is 1. The van der Waals surface area contributed by atoms with Crippen LogP contribution in [0, 0.1) is 12.7 Å². The molecule has 0 atom stereocenters. The van der Waals surface area contributed by atoms with Gasteiger partial charge in [0.25, 0.3) is 5.56 Å². The highest BCUT2D eigenvalue weighted by atomic mass is 19.1. The van der Waals surface area contributed by atoms with E-state index in [-0.39, 0.29) is 31.1 Å². The van der Waals surface area contributed by atoms with Crippen molar-refractivity contribution in [1.29, 1.82) is 0 Å². The quantitative estimate of drug-likeness (QED) is 0.261. The fourth-order valence-electron chi connectivity index (χ4n) is 4.66. The van der Waals surface area contributed by atoms with Crippen LogP contribution in [0.5, 0.6) is 11.5 Å². The van der Waals surface area contributed by atoms with Gasteiger partial charge in [-0.15, -0.1) is 10.2 Å². The van der Waals surface area contributed by atoms with E-state index in [1.807, 2.05) is 37.3 Å². The molecule has 41 heavy (non-hydrogen) atoms. The van der Waals surface area contributed by atoms with E-state index in [1.54, 1.807) is 28.8 Å². The van der Waals surface area contributed by atoms with Gasteiger partial charge in [-0.1, -0.05) is 42.5 Å². The maximum absolute atomic E-state index is 14.1. The third kappa shape index (κ3) is 5.64. The molecule has 3 heterocycles. The van der Waals surface area contributed by atoms with Crippen LogP contribution in [0.1, 0.15) is 33.9 Å². The number of hydrogen-bond acceptors (Lipinski definition) is 9. The van der Waals surface area contributed by atoms with Crippen LogP contribution in [0.15, 0.2) is 71.5 Å². The van der Waals surface area contributed by atoms with Gasteiger partial charge in [0.1, 0.15) is 30.5 Å². The summed E-state index contributed by atoms with van der Waals surface area (Å²) >= 11 is 0. The normalized spacial score (nSPS) is 11.2. The Morgan fingerprint density at radius 1 is 0.854 bits per heavy atom. The molecule has 2 N–H and O–H groups in total. The molecule has 3 aromatic carbocycles. The van der Waals surface area contributed by atoms with Crippen molar-refractivity contribution in [3.63, 3.8) is 0 Å². The zero-order valence-electron chi connectivity index (χ0n) is 21.9. The Balaban J connectivity index is 1.53. The third-order valence-electron chi connectivity index (χ3n) is 6.67. The van der Waals surface area contributed by atoms with Crippen LogP contribution in [-0.2, 0) is 26.2 Å². The fraction of sp³-hybridized carbons (Fsp3) is 0.179. The van der Waals surface area contributed by atoms with Crippen molar-refractivity contribution in [2.24, 2.45) is 0 Å². The van der Waals surface area contributed by atoms with Crippen molar-refractivity contribution in [3.05, 3.63) is 117 Å². The molecule has 0 saturated heterocycles. The van der Waals surface area contributed by atoms with Gasteiger partial charge in [-0.25, -0.2) is 14.6 Å². The number of halogens is 1. The number of pyridine rings is 1. The summed E-state index contributed by atoms with van der Waals surface area (Å²) in [5, 5.41) is 28.2. The molecule has 206 valence electrons. The Bertz CT molecular complexity index is 1820. The predicted molar refractivity (Wildman–Crippen MR) is 145 cm³/mol. The van der Waals surface area contributed by atoms with Gasteiger partial charge in [0, 0.05) is 29.5 Å². The summed E-state index contributed by atoms with van der Waals surface area (Å²) in [6.45, 7) is 2.24. The first-order chi connectivity index (χ1) is 20.0. The Labute approximate surface area is 232 Å². The van der Waals surface area contributed by atoms with Crippen LogP contribution in [0.4, 0.5) is 4.39 Å². The van der Waals surface area contributed by atoms with Gasteiger partial charge in [0.05, 0.1) is 12.1 Å². The van der Waals surface area contributed by atoms with Crippen LogP contribution in [0.2, 0.25) is 0 Å². The SMILES string of the molecule is Cc1c(Cc2ccccc2)c(=O)n(Cc2ccc(F)cc2)c2cc(OCc3nnn[nH]3)cc(OCc3nnn[nH]3)c12.